The van der Waals surface area contributed by atoms with Crippen LogP contribution in [0.3, 0.4) is 0 Å². The van der Waals surface area contributed by atoms with Crippen molar-refractivity contribution in [2.24, 2.45) is 5.92 Å². The Kier molecular flexibility index (Phi) is 27.4. The zero-order valence-electron chi connectivity index (χ0n) is 49.1. The molecule has 2 unspecified atom stereocenters. The third-order valence-electron chi connectivity index (χ3n) is 14.0. The zero-order valence-corrected chi connectivity index (χ0v) is 50.7. The van der Waals surface area contributed by atoms with Gasteiger partial charge >= 0.3 is 6.03 Å². The van der Waals surface area contributed by atoms with E-state index >= 15 is 0 Å². The van der Waals surface area contributed by atoms with Crippen molar-refractivity contribution < 1.29 is 61.0 Å². The molecule has 2 aliphatic heterocycles. The van der Waals surface area contributed by atoms with Gasteiger partial charge in [0, 0.05) is 69.3 Å². The van der Waals surface area contributed by atoms with Gasteiger partial charge in [-0.1, -0.05) is 69.7 Å². The maximum Gasteiger partial charge on any atom is 0.319 e. The highest BCUT2D eigenvalue weighted by Gasteiger charge is 2.39. The fourth-order valence-corrected chi connectivity index (χ4v) is 9.87. The van der Waals surface area contributed by atoms with Crippen LogP contribution in [0.1, 0.15) is 125 Å². The van der Waals surface area contributed by atoms with Gasteiger partial charge in [0.2, 0.25) is 56.3 Å². The first kappa shape index (κ1) is 68.1. The molecule has 3 heterocycles. The number of imide groups is 1. The van der Waals surface area contributed by atoms with E-state index in [1.807, 2.05) is 13.8 Å². The normalized spacial score (nSPS) is 14.8. The van der Waals surface area contributed by atoms with Crippen molar-refractivity contribution >= 4 is 80.4 Å². The van der Waals surface area contributed by atoms with Crippen molar-refractivity contribution in [1.29, 1.82) is 0 Å². The summed E-state index contributed by atoms with van der Waals surface area (Å²) in [4.78, 5) is 129. The number of piperidine rings is 1. The number of nitrogens with one attached hydrogen (secondary N) is 7. The number of halogens is 1. The van der Waals surface area contributed by atoms with E-state index in [0.717, 1.165) is 50.7 Å². The molecule has 1 aromatic heterocycles. The van der Waals surface area contributed by atoms with Gasteiger partial charge in [-0.2, -0.15) is 0 Å². The lowest BCUT2D eigenvalue weighted by molar-refractivity contribution is -0.137. The highest BCUT2D eigenvalue weighted by atomic mass is 35.5. The van der Waals surface area contributed by atoms with E-state index in [1.54, 1.807) is 37.4 Å². The van der Waals surface area contributed by atoms with E-state index < -0.39 is 70.1 Å². The van der Waals surface area contributed by atoms with Crippen molar-refractivity contribution in [2.75, 3.05) is 71.3 Å². The largest absolute Gasteiger partial charge is 0.490 e. The molecule has 462 valence electrons. The molecule has 0 saturated carbocycles. The maximum atomic E-state index is 13.9. The third-order valence-corrected chi connectivity index (χ3v) is 15.2. The lowest BCUT2D eigenvalue weighted by Gasteiger charge is -2.29. The van der Waals surface area contributed by atoms with Gasteiger partial charge < -0.3 is 56.1 Å². The fourth-order valence-electron chi connectivity index (χ4n) is 9.15. The van der Waals surface area contributed by atoms with E-state index in [4.69, 9.17) is 21.1 Å². The number of carbonyl (C=O) groups excluding carboxylic acids is 9. The number of ether oxygens (including phenoxy) is 2. The van der Waals surface area contributed by atoms with Crippen LogP contribution in [0.25, 0.3) is 0 Å². The molecule has 27 heteroatoms. The molecule has 0 aliphatic carbocycles. The lowest BCUT2D eigenvalue weighted by atomic mass is 9.97. The molecule has 1 fully saturated rings. The summed E-state index contributed by atoms with van der Waals surface area (Å²) in [7, 11) is -2.01. The van der Waals surface area contributed by atoms with Crippen LogP contribution in [0, 0.1) is 17.8 Å². The second-order valence-electron chi connectivity index (χ2n) is 20.8. The molecule has 0 radical (unpaired) electrons. The number of nitrogens with zero attached hydrogens (tertiary/aromatic N) is 5. The summed E-state index contributed by atoms with van der Waals surface area (Å²) in [5.41, 5.74) is 2.70. The Morgan fingerprint density at radius 1 is 0.894 bits per heavy atom. The summed E-state index contributed by atoms with van der Waals surface area (Å²) in [6.07, 6.45) is 8.99. The van der Waals surface area contributed by atoms with E-state index in [0.29, 0.717) is 53.8 Å². The Hall–Kier alpha value is -7.73. The number of hydrogen-bond donors (Lipinski definition) is 7. The summed E-state index contributed by atoms with van der Waals surface area (Å²) in [5, 5.41) is 18.4. The number of urea groups is 1. The third kappa shape index (κ3) is 22.3. The molecule has 0 bridgehead atoms. The molecule has 4 atom stereocenters. The molecule has 7 N–H and O–H groups in total. The van der Waals surface area contributed by atoms with Crippen molar-refractivity contribution in [3.8, 4) is 17.6 Å². The molecule has 0 spiro atoms. The summed E-state index contributed by atoms with van der Waals surface area (Å²) in [5.74, 6) is 2.10. The van der Waals surface area contributed by atoms with E-state index in [9.17, 15) is 51.6 Å². The SMILES string of the molecule is CCCN(CCC)CCCC[C@H](NC(=O)[C@@H](NC(=O)CCCC#Cc1cnc(S(C)(=O)=O)nc1)C(C)CC)C(=O)NCC(=O)NCOCC(=O)N(C)CCOc1ccc(NC(=O)NCc2ccc3c(c2)CN(C2CCC(=O)NC2=O)C3=O)cc1Cl. The number of unbranched alkanes of at least 4 members (excludes halogenated alkanes) is 2. The van der Waals surface area contributed by atoms with Crippen molar-refractivity contribution in [1.82, 2.24) is 56.6 Å². The van der Waals surface area contributed by atoms with Gasteiger partial charge in [-0.25, -0.2) is 23.2 Å². The summed E-state index contributed by atoms with van der Waals surface area (Å²) < 4.78 is 34.4. The Morgan fingerprint density at radius 3 is 2.32 bits per heavy atom. The number of aromatic nitrogens is 2. The molecular weight excluding hydrogens is 1140 g/mol. The second-order valence-corrected chi connectivity index (χ2v) is 23.1. The molecule has 5 rings (SSSR count). The van der Waals surface area contributed by atoms with Gasteiger partial charge in [0.15, 0.2) is 0 Å². The van der Waals surface area contributed by atoms with Gasteiger partial charge in [-0.15, -0.1) is 0 Å². The minimum atomic E-state index is -3.55. The average molecular weight is 1220 g/mol. The molecule has 2 aliphatic rings. The van der Waals surface area contributed by atoms with Crippen molar-refractivity contribution in [3.05, 3.63) is 76.1 Å². The monoisotopic (exact) mass is 1220 g/mol. The average Bonchev–Trinajstić information content (AvgIpc) is 2.29. The lowest BCUT2D eigenvalue weighted by Crippen LogP contribution is -2.56. The Bertz CT molecular complexity index is 3020. The number of anilines is 1. The van der Waals surface area contributed by atoms with Gasteiger partial charge in [0.1, 0.15) is 43.8 Å². The smallest absolute Gasteiger partial charge is 0.319 e. The van der Waals surface area contributed by atoms with Crippen molar-refractivity contribution in [3.63, 3.8) is 0 Å². The Morgan fingerprint density at radius 2 is 1.64 bits per heavy atom. The first-order chi connectivity index (χ1) is 40.6. The molecule has 3 aromatic rings. The molecule has 25 nitrogen and oxygen atoms in total. The summed E-state index contributed by atoms with van der Waals surface area (Å²) >= 11 is 6.46. The molecule has 2 aromatic carbocycles. The van der Waals surface area contributed by atoms with Gasteiger partial charge in [-0.05, 0) is 106 Å². The number of hydrogen-bond acceptors (Lipinski definition) is 16. The van der Waals surface area contributed by atoms with Crippen LogP contribution in [0.5, 0.6) is 5.75 Å². The maximum absolute atomic E-state index is 13.9. The quantitative estimate of drug-likeness (QED) is 0.0151. The molecule has 10 amide bonds. The van der Waals surface area contributed by atoms with Crippen LogP contribution in [-0.2, 0) is 61.2 Å². The van der Waals surface area contributed by atoms with Crippen LogP contribution < -0.4 is 42.0 Å². The Balaban J connectivity index is 1.01. The number of sulfone groups is 1. The predicted octanol–water partition coefficient (Wildman–Crippen LogP) is 3.19. The number of likely N-dealkylation sites (N-methyl/N-ethyl adjacent to an activating group) is 1. The zero-order chi connectivity index (χ0) is 62.1. The van der Waals surface area contributed by atoms with Gasteiger partial charge in [-0.3, -0.25) is 43.7 Å². The van der Waals surface area contributed by atoms with E-state index in [-0.39, 0.29) is 99.1 Å². The topological polar surface area (TPSA) is 326 Å². The van der Waals surface area contributed by atoms with Crippen LogP contribution >= 0.6 is 11.6 Å². The highest BCUT2D eigenvalue weighted by Crippen LogP contribution is 2.29. The van der Waals surface area contributed by atoms with Gasteiger partial charge in [0.05, 0.1) is 23.7 Å². The number of rotatable bonds is 33. The van der Waals surface area contributed by atoms with Crippen LogP contribution in [0.2, 0.25) is 5.02 Å². The fraction of sp³-hybridized carbons (Fsp3) is 0.534. The minimum Gasteiger partial charge on any atom is -0.490 e. The van der Waals surface area contributed by atoms with Crippen LogP contribution in [-0.4, -0.2) is 170 Å². The van der Waals surface area contributed by atoms with Gasteiger partial charge in [0.25, 0.3) is 5.91 Å². The second kappa shape index (κ2) is 34.3. The first-order valence-electron chi connectivity index (χ1n) is 28.5. The van der Waals surface area contributed by atoms with Crippen LogP contribution in [0.4, 0.5) is 10.5 Å². The number of amides is 10. The van der Waals surface area contributed by atoms with Crippen LogP contribution in [0.15, 0.2) is 53.9 Å². The summed E-state index contributed by atoms with van der Waals surface area (Å²) in [6.45, 7) is 10.0. The number of benzene rings is 2. The number of carbonyl (C=O) groups is 9. The summed E-state index contributed by atoms with van der Waals surface area (Å²) in [6, 6.07) is 6.60. The molecular formula is C58H79ClN12O13S. The predicted molar refractivity (Wildman–Crippen MR) is 315 cm³/mol. The van der Waals surface area contributed by atoms with E-state index in [2.05, 4.69) is 77.8 Å². The Labute approximate surface area is 501 Å². The highest BCUT2D eigenvalue weighted by molar-refractivity contribution is 7.90. The van der Waals surface area contributed by atoms with E-state index in [1.165, 1.54) is 28.3 Å². The molecule has 85 heavy (non-hydrogen) atoms. The first-order valence-corrected chi connectivity index (χ1v) is 30.8. The number of fused-ring (bicyclic) bond motifs is 1. The standard InChI is InChI=1S/C58H79ClN12O13S/c1-7-24-70(25-8-2)26-14-13-16-45(66-55(78)52(38(4)9-3)67-48(72)17-12-10-11-15-40-32-62-58(63-33-40)85(6,81)82)53(76)60-34-50(74)64-37-83-36-51(75)69(5)27-28-84-47-22-19-42(30-44(47)59)65-57(80)61-31-39-18-20-43-41(29-39)35-71(56(43)79)46-21-23-49(73)68-54(46)77/h18-20,22,29-30,32-33,38,45-46,52H,7-10,12-14,16-17,21,23-28,31,34-37H2,1-6H3,(H,60,76)(H,64,74)(H,66,78)(H,67,72)(H2,61,65,80)(H,68,73,77)/t38?,45-,46?,52-/m0/s1. The molecule has 1 saturated heterocycles. The van der Waals surface area contributed by atoms with Crippen molar-refractivity contribution in [2.45, 2.75) is 135 Å². The minimum absolute atomic E-state index is 0.0538.